The first-order valence-electron chi connectivity index (χ1n) is 12.2. The normalized spacial score (nSPS) is 12.2. The van der Waals surface area contributed by atoms with Gasteiger partial charge in [0.05, 0.1) is 6.54 Å². The van der Waals surface area contributed by atoms with Crippen LogP contribution >= 0.6 is 0 Å². The second-order valence-electron chi connectivity index (χ2n) is 9.15. The van der Waals surface area contributed by atoms with Crippen molar-refractivity contribution in [3.63, 3.8) is 0 Å². The minimum absolute atomic E-state index is 0.0144. The molecular formula is C29H29N3O5. The van der Waals surface area contributed by atoms with Gasteiger partial charge in [0.25, 0.3) is 5.91 Å². The van der Waals surface area contributed by atoms with Gasteiger partial charge in [-0.25, -0.2) is 4.98 Å². The molecule has 1 aliphatic rings. The highest BCUT2D eigenvalue weighted by Crippen LogP contribution is 2.33. The Morgan fingerprint density at radius 1 is 0.919 bits per heavy atom. The second kappa shape index (κ2) is 11.2. The Hall–Kier alpha value is -4.30. The van der Waals surface area contributed by atoms with Crippen LogP contribution in [0.25, 0.3) is 0 Å². The van der Waals surface area contributed by atoms with Gasteiger partial charge in [0.15, 0.2) is 17.2 Å². The average molecular weight is 500 g/mol. The van der Waals surface area contributed by atoms with E-state index in [0.29, 0.717) is 25.5 Å². The van der Waals surface area contributed by atoms with E-state index in [0.717, 1.165) is 34.1 Å². The van der Waals surface area contributed by atoms with Crippen molar-refractivity contribution >= 4 is 5.91 Å². The molecular weight excluding hydrogens is 470 g/mol. The zero-order valence-electron chi connectivity index (χ0n) is 20.8. The molecule has 8 nitrogen and oxygen atoms in total. The molecule has 0 saturated heterocycles. The lowest BCUT2D eigenvalue weighted by atomic mass is 10.1. The van der Waals surface area contributed by atoms with Gasteiger partial charge in [0.1, 0.15) is 17.8 Å². The number of benzene rings is 3. The Morgan fingerprint density at radius 2 is 1.68 bits per heavy atom. The molecule has 0 fully saturated rings. The largest absolute Gasteiger partial charge is 0.457 e. The number of hydrogen-bond acceptors (Lipinski definition) is 7. The van der Waals surface area contributed by atoms with Crippen LogP contribution in [0.4, 0.5) is 0 Å². The summed E-state index contributed by atoms with van der Waals surface area (Å²) in [4.78, 5) is 19.0. The number of ether oxygens (including phenoxy) is 3. The fraction of sp³-hybridized carbons (Fsp3) is 0.241. The van der Waals surface area contributed by atoms with Gasteiger partial charge in [-0.1, -0.05) is 36.4 Å². The summed E-state index contributed by atoms with van der Waals surface area (Å²) in [7, 11) is 0. The van der Waals surface area contributed by atoms with Crippen molar-refractivity contribution in [2.75, 3.05) is 6.79 Å². The Kier molecular flexibility index (Phi) is 7.37. The molecule has 2 heterocycles. The fourth-order valence-electron chi connectivity index (χ4n) is 4.07. The molecule has 0 spiro atoms. The lowest BCUT2D eigenvalue weighted by Gasteiger charge is -2.21. The molecule has 190 valence electrons. The first-order valence-corrected chi connectivity index (χ1v) is 12.2. The molecule has 1 aliphatic heterocycles. The number of nitrogens with zero attached hydrogens (tertiary/aromatic N) is 2. The molecule has 0 radical (unpaired) electrons. The Bertz CT molecular complexity index is 1350. The molecule has 5 rings (SSSR count). The van der Waals surface area contributed by atoms with Crippen molar-refractivity contribution in [3.05, 3.63) is 102 Å². The first kappa shape index (κ1) is 24.4. The molecule has 0 unspecified atom stereocenters. The molecule has 8 heteroatoms. The number of oxazole rings is 1. The highest BCUT2D eigenvalue weighted by molar-refractivity contribution is 5.92. The number of hydrogen-bond donors (Lipinski definition) is 1. The summed E-state index contributed by atoms with van der Waals surface area (Å²) in [6.07, 6.45) is 1.40. The maximum Gasteiger partial charge on any atom is 0.273 e. The molecule has 1 aromatic heterocycles. The molecule has 0 bridgehead atoms. The van der Waals surface area contributed by atoms with Gasteiger partial charge < -0.3 is 23.9 Å². The first-order chi connectivity index (χ1) is 18.0. The number of amides is 1. The number of para-hydroxylation sites is 1. The smallest absolute Gasteiger partial charge is 0.273 e. The molecule has 37 heavy (non-hydrogen) atoms. The van der Waals surface area contributed by atoms with Gasteiger partial charge in [-0.2, -0.15) is 0 Å². The number of carbonyl (C=O) groups is 1. The molecule has 0 aliphatic carbocycles. The number of rotatable bonds is 10. The topological polar surface area (TPSA) is 86.1 Å². The van der Waals surface area contributed by atoms with Crippen molar-refractivity contribution in [3.8, 4) is 23.0 Å². The Balaban J connectivity index is 1.34. The van der Waals surface area contributed by atoms with Crippen LogP contribution in [0.3, 0.4) is 0 Å². The number of nitrogens with one attached hydrogen (secondary N) is 1. The van der Waals surface area contributed by atoms with E-state index in [1.165, 1.54) is 6.26 Å². The van der Waals surface area contributed by atoms with Crippen LogP contribution in [0.15, 0.2) is 83.5 Å². The van der Waals surface area contributed by atoms with Gasteiger partial charge in [-0.15, -0.1) is 0 Å². The van der Waals surface area contributed by atoms with Crippen LogP contribution in [0, 0.1) is 0 Å². The van der Waals surface area contributed by atoms with Gasteiger partial charge in [0, 0.05) is 19.1 Å². The average Bonchev–Trinajstić information content (AvgIpc) is 3.54. The van der Waals surface area contributed by atoms with E-state index in [1.807, 2.05) is 80.6 Å². The molecule has 0 atom stereocenters. The van der Waals surface area contributed by atoms with Crippen LogP contribution in [0.2, 0.25) is 0 Å². The third-order valence-electron chi connectivity index (χ3n) is 5.69. The summed E-state index contributed by atoms with van der Waals surface area (Å²) in [5, 5.41) is 2.84. The highest BCUT2D eigenvalue weighted by atomic mass is 16.7. The van der Waals surface area contributed by atoms with Crippen molar-refractivity contribution in [2.45, 2.75) is 39.5 Å². The summed E-state index contributed by atoms with van der Waals surface area (Å²) in [6.45, 7) is 5.66. The minimum atomic E-state index is -0.252. The van der Waals surface area contributed by atoms with E-state index >= 15 is 0 Å². The lowest BCUT2D eigenvalue weighted by Crippen LogP contribution is -2.30. The zero-order chi connectivity index (χ0) is 25.6. The van der Waals surface area contributed by atoms with E-state index in [2.05, 4.69) is 21.3 Å². The van der Waals surface area contributed by atoms with Crippen molar-refractivity contribution in [1.82, 2.24) is 15.2 Å². The maximum absolute atomic E-state index is 12.3. The summed E-state index contributed by atoms with van der Waals surface area (Å²) in [5.41, 5.74) is 2.40. The van der Waals surface area contributed by atoms with Gasteiger partial charge in [-0.3, -0.25) is 9.69 Å². The molecule has 4 aromatic rings. The standard InChI is InChI=1S/C29H29N3O5/c1-20(2)30-29(33)25-18-34-28(31-25)17-32(16-22-11-12-26-27(14-22)36-19-35-26)15-21-7-6-10-24(13-21)37-23-8-4-3-5-9-23/h3-14,18,20H,15-17,19H2,1-2H3,(H,30,33). The Morgan fingerprint density at radius 3 is 2.49 bits per heavy atom. The van der Waals surface area contributed by atoms with Crippen molar-refractivity contribution in [2.24, 2.45) is 0 Å². The molecule has 0 saturated carbocycles. The van der Waals surface area contributed by atoms with Crippen molar-refractivity contribution < 1.29 is 23.4 Å². The molecule has 3 aromatic carbocycles. The number of fused-ring (bicyclic) bond motifs is 1. The highest BCUT2D eigenvalue weighted by Gasteiger charge is 2.18. The monoisotopic (exact) mass is 499 g/mol. The van der Waals surface area contributed by atoms with Gasteiger partial charge >= 0.3 is 0 Å². The zero-order valence-corrected chi connectivity index (χ0v) is 20.8. The summed E-state index contributed by atoms with van der Waals surface area (Å²) < 4.78 is 22.7. The summed E-state index contributed by atoms with van der Waals surface area (Å²) in [6, 6.07) is 23.6. The number of aromatic nitrogens is 1. The second-order valence-corrected chi connectivity index (χ2v) is 9.15. The third-order valence-corrected chi connectivity index (χ3v) is 5.69. The predicted octanol–water partition coefficient (Wildman–Crippen LogP) is 5.54. The fourth-order valence-corrected chi connectivity index (χ4v) is 4.07. The SMILES string of the molecule is CC(C)NC(=O)c1coc(CN(Cc2cccc(Oc3ccccc3)c2)Cc2ccc3c(c2)OCO3)n1. The summed E-state index contributed by atoms with van der Waals surface area (Å²) in [5.74, 6) is 3.23. The van der Waals surface area contributed by atoms with Crippen LogP contribution in [-0.2, 0) is 19.6 Å². The molecule has 1 N–H and O–H groups in total. The van der Waals surface area contributed by atoms with E-state index in [4.69, 9.17) is 18.6 Å². The van der Waals surface area contributed by atoms with E-state index < -0.39 is 0 Å². The van der Waals surface area contributed by atoms with E-state index in [-0.39, 0.29) is 24.4 Å². The third kappa shape index (κ3) is 6.48. The summed E-state index contributed by atoms with van der Waals surface area (Å²) >= 11 is 0. The van der Waals surface area contributed by atoms with Gasteiger partial charge in [-0.05, 0) is 61.4 Å². The van der Waals surface area contributed by atoms with Crippen molar-refractivity contribution in [1.29, 1.82) is 0 Å². The van der Waals surface area contributed by atoms with E-state index in [9.17, 15) is 4.79 Å². The Labute approximate surface area is 215 Å². The predicted molar refractivity (Wildman–Crippen MR) is 138 cm³/mol. The van der Waals surface area contributed by atoms with Gasteiger partial charge in [0.2, 0.25) is 12.7 Å². The lowest BCUT2D eigenvalue weighted by molar-refractivity contribution is 0.0938. The minimum Gasteiger partial charge on any atom is -0.457 e. The van der Waals surface area contributed by atoms with Crippen LogP contribution in [-0.4, -0.2) is 28.6 Å². The number of carbonyl (C=O) groups excluding carboxylic acids is 1. The van der Waals surface area contributed by atoms with Crippen LogP contribution in [0.1, 0.15) is 41.4 Å². The van der Waals surface area contributed by atoms with Crippen LogP contribution < -0.4 is 19.5 Å². The maximum atomic E-state index is 12.3. The quantitative estimate of drug-likeness (QED) is 0.307. The van der Waals surface area contributed by atoms with E-state index in [1.54, 1.807) is 0 Å². The van der Waals surface area contributed by atoms with Crippen LogP contribution in [0.5, 0.6) is 23.0 Å². The molecule has 1 amide bonds.